The lowest BCUT2D eigenvalue weighted by Crippen LogP contribution is -2.64. The van der Waals surface area contributed by atoms with Gasteiger partial charge in [-0.15, -0.1) is 0 Å². The van der Waals surface area contributed by atoms with E-state index in [0.29, 0.717) is 0 Å². The lowest BCUT2D eigenvalue weighted by molar-refractivity contribution is -0.384. The number of carbonyl (C=O) groups excluding carboxylic acids is 1. The quantitative estimate of drug-likeness (QED) is 0.245. The number of hydrogen-bond donors (Lipinski definition) is 0. The average molecular weight is 527 g/mol. The Bertz CT molecular complexity index is 1090. The van der Waals surface area contributed by atoms with Crippen LogP contribution >= 0.6 is 15.9 Å². The molecule has 32 heavy (non-hydrogen) atoms. The van der Waals surface area contributed by atoms with Gasteiger partial charge in [-0.05, 0) is 31.5 Å². The van der Waals surface area contributed by atoms with E-state index in [9.17, 15) is 23.3 Å². The van der Waals surface area contributed by atoms with Crippen molar-refractivity contribution in [2.24, 2.45) is 0 Å². The molecule has 0 N–H and O–H groups in total. The van der Waals surface area contributed by atoms with Crippen molar-refractivity contribution in [3.63, 3.8) is 0 Å². The van der Waals surface area contributed by atoms with Crippen LogP contribution in [0.3, 0.4) is 0 Å². The average Bonchev–Trinajstić information content (AvgIpc) is 2.78. The zero-order chi connectivity index (χ0) is 23.7. The van der Waals surface area contributed by atoms with E-state index in [1.165, 1.54) is 7.11 Å². The second-order valence-electron chi connectivity index (χ2n) is 7.68. The van der Waals surface area contributed by atoms with E-state index in [1.807, 2.05) is 30.3 Å². The summed E-state index contributed by atoms with van der Waals surface area (Å²) in [7, 11) is -3.04. The number of carbonyl (C=O) groups is 1. The molecule has 0 saturated carbocycles. The number of esters is 1. The van der Waals surface area contributed by atoms with Gasteiger partial charge in [0.1, 0.15) is 6.04 Å². The van der Waals surface area contributed by atoms with Gasteiger partial charge in [0.2, 0.25) is 10.0 Å². The lowest BCUT2D eigenvalue weighted by Gasteiger charge is -2.48. The van der Waals surface area contributed by atoms with Crippen LogP contribution in [0, 0.1) is 10.1 Å². The molecule has 0 amide bonds. The number of rotatable bonds is 6. The largest absolute Gasteiger partial charge is 0.468 e. The Kier molecular flexibility index (Phi) is 7.03. The summed E-state index contributed by atoms with van der Waals surface area (Å²) in [6, 6.07) is 12.7. The van der Waals surface area contributed by atoms with Crippen LogP contribution in [0.25, 0.3) is 0 Å². The Morgan fingerprint density at radius 1 is 1.25 bits per heavy atom. The number of benzene rings is 2. The highest BCUT2D eigenvalue weighted by Crippen LogP contribution is 2.43. The second-order valence-corrected chi connectivity index (χ2v) is 10.5. The molecule has 0 aliphatic carbocycles. The monoisotopic (exact) mass is 526 g/mol. The maximum atomic E-state index is 13.6. The summed E-state index contributed by atoms with van der Waals surface area (Å²) in [4.78, 5) is 22.3. The molecule has 1 fully saturated rings. The smallest absolute Gasteiger partial charge is 0.326 e. The molecule has 1 aliphatic heterocycles. The van der Waals surface area contributed by atoms with Gasteiger partial charge in [0, 0.05) is 18.7 Å². The van der Waals surface area contributed by atoms with E-state index in [4.69, 9.17) is 9.47 Å². The first kappa shape index (κ1) is 24.3. The zero-order valence-corrected chi connectivity index (χ0v) is 20.1. The number of morpholine rings is 1. The summed E-state index contributed by atoms with van der Waals surface area (Å²) < 4.78 is 39.3. The predicted molar refractivity (Wildman–Crippen MR) is 120 cm³/mol. The van der Waals surface area contributed by atoms with E-state index in [-0.39, 0.29) is 22.0 Å². The summed E-state index contributed by atoms with van der Waals surface area (Å²) in [5, 5.41) is 10.9. The fourth-order valence-electron chi connectivity index (χ4n) is 3.82. The number of hydrogen-bond acceptors (Lipinski definition) is 7. The summed E-state index contributed by atoms with van der Waals surface area (Å²) in [6.45, 7) is 3.23. The standard InChI is InChI=1S/C21H23BrN2O7S/c1-14-18(20(25)30-3)23(32(28,29)17-11-9-16(10-12-17)24(26)27)13-21(2,31-14)19(22)15-7-5-4-6-8-15/h4-12,14,18-19H,13H2,1-3H3/t14-,18+,19-,21+/m1/s1. The number of nitrogens with zero attached hydrogens (tertiary/aromatic N) is 2. The first-order valence-electron chi connectivity index (χ1n) is 9.72. The van der Waals surface area contributed by atoms with Gasteiger partial charge in [-0.1, -0.05) is 46.3 Å². The van der Waals surface area contributed by atoms with Crippen molar-refractivity contribution >= 4 is 37.6 Å². The molecule has 0 radical (unpaired) electrons. The molecule has 9 nitrogen and oxygen atoms in total. The van der Waals surface area contributed by atoms with Crippen LogP contribution in [-0.4, -0.2) is 55.0 Å². The zero-order valence-electron chi connectivity index (χ0n) is 17.7. The highest BCUT2D eigenvalue weighted by Gasteiger charge is 2.52. The highest BCUT2D eigenvalue weighted by molar-refractivity contribution is 9.09. The molecule has 1 heterocycles. The van der Waals surface area contributed by atoms with Crippen LogP contribution in [0.1, 0.15) is 24.2 Å². The maximum Gasteiger partial charge on any atom is 0.326 e. The van der Waals surface area contributed by atoms with Crippen LogP contribution < -0.4 is 0 Å². The molecule has 172 valence electrons. The third kappa shape index (κ3) is 4.56. The number of nitro benzene ring substituents is 1. The van der Waals surface area contributed by atoms with Crippen LogP contribution in [-0.2, 0) is 24.3 Å². The number of halogens is 1. The molecule has 1 aliphatic rings. The van der Waals surface area contributed by atoms with Gasteiger partial charge in [0.15, 0.2) is 0 Å². The number of methoxy groups -OCH3 is 1. The van der Waals surface area contributed by atoms with Crippen LogP contribution in [0.15, 0.2) is 59.5 Å². The molecule has 0 bridgehead atoms. The van der Waals surface area contributed by atoms with E-state index in [1.54, 1.807) is 13.8 Å². The summed E-state index contributed by atoms with van der Waals surface area (Å²) in [5.41, 5.74) is -0.385. The van der Waals surface area contributed by atoms with Crippen molar-refractivity contribution in [3.8, 4) is 0 Å². The molecular weight excluding hydrogens is 504 g/mol. The second kappa shape index (κ2) is 9.26. The summed E-state index contributed by atoms with van der Waals surface area (Å²) in [5.74, 6) is -0.754. The van der Waals surface area contributed by atoms with E-state index >= 15 is 0 Å². The van der Waals surface area contributed by atoms with Crippen LogP contribution in [0.4, 0.5) is 5.69 Å². The van der Waals surface area contributed by atoms with Crippen molar-refractivity contribution in [1.82, 2.24) is 4.31 Å². The minimum absolute atomic E-state index is 0.152. The molecular formula is C21H23BrN2O7S. The number of non-ortho nitro benzene ring substituents is 1. The van der Waals surface area contributed by atoms with Crippen molar-refractivity contribution in [2.45, 2.75) is 41.3 Å². The Balaban J connectivity index is 2.05. The van der Waals surface area contributed by atoms with Gasteiger partial charge >= 0.3 is 5.97 Å². The molecule has 3 rings (SSSR count). The first-order chi connectivity index (χ1) is 15.0. The Labute approximate surface area is 194 Å². The molecule has 2 aromatic rings. The molecule has 2 aromatic carbocycles. The van der Waals surface area contributed by atoms with Crippen LogP contribution in [0.5, 0.6) is 0 Å². The number of nitro groups is 1. The van der Waals surface area contributed by atoms with Gasteiger partial charge in [0.05, 0.1) is 33.5 Å². The first-order valence-corrected chi connectivity index (χ1v) is 12.1. The van der Waals surface area contributed by atoms with Crippen molar-refractivity contribution in [1.29, 1.82) is 0 Å². The van der Waals surface area contributed by atoms with Crippen molar-refractivity contribution in [3.05, 3.63) is 70.3 Å². The van der Waals surface area contributed by atoms with Crippen LogP contribution in [0.2, 0.25) is 0 Å². The fraction of sp³-hybridized carbons (Fsp3) is 0.381. The van der Waals surface area contributed by atoms with Crippen molar-refractivity contribution in [2.75, 3.05) is 13.7 Å². The lowest BCUT2D eigenvalue weighted by atomic mass is 9.92. The number of alkyl halides is 1. The van der Waals surface area contributed by atoms with Gasteiger partial charge in [-0.3, -0.25) is 14.9 Å². The Hall–Kier alpha value is -2.34. The number of ether oxygens (including phenoxy) is 2. The number of sulfonamides is 1. The third-order valence-corrected chi connectivity index (χ3v) is 8.74. The minimum Gasteiger partial charge on any atom is -0.468 e. The normalized spacial score (nSPS) is 25.1. The maximum absolute atomic E-state index is 13.6. The van der Waals surface area contributed by atoms with Gasteiger partial charge < -0.3 is 9.47 Å². The SMILES string of the molecule is COC(=O)[C@@H]1[C@@H](C)O[C@](C)([C@H](Br)c2ccccc2)CN1S(=O)(=O)c1ccc([N+](=O)[O-])cc1. The molecule has 0 unspecified atom stereocenters. The van der Waals surface area contributed by atoms with Gasteiger partial charge in [0.25, 0.3) is 5.69 Å². The molecule has 1 saturated heterocycles. The predicted octanol–water partition coefficient (Wildman–Crippen LogP) is 3.44. The minimum atomic E-state index is -4.22. The summed E-state index contributed by atoms with van der Waals surface area (Å²) in [6.07, 6.45) is -0.821. The molecule has 0 aromatic heterocycles. The fourth-order valence-corrected chi connectivity index (χ4v) is 6.11. The Morgan fingerprint density at radius 2 is 1.84 bits per heavy atom. The molecule has 11 heteroatoms. The third-order valence-electron chi connectivity index (χ3n) is 5.40. The Morgan fingerprint density at radius 3 is 2.38 bits per heavy atom. The molecule has 4 atom stereocenters. The highest BCUT2D eigenvalue weighted by atomic mass is 79.9. The van der Waals surface area contributed by atoms with E-state index in [2.05, 4.69) is 15.9 Å². The van der Waals surface area contributed by atoms with Gasteiger partial charge in [-0.2, -0.15) is 4.31 Å². The molecule has 0 spiro atoms. The van der Waals surface area contributed by atoms with Crippen molar-refractivity contribution < 1.29 is 27.6 Å². The topological polar surface area (TPSA) is 116 Å². The van der Waals surface area contributed by atoms with E-state index < -0.39 is 38.7 Å². The summed E-state index contributed by atoms with van der Waals surface area (Å²) >= 11 is 3.64. The van der Waals surface area contributed by atoms with Gasteiger partial charge in [-0.25, -0.2) is 8.42 Å². The van der Waals surface area contributed by atoms with E-state index in [0.717, 1.165) is 34.1 Å².